The fourth-order valence-electron chi connectivity index (χ4n) is 4.32. The molecule has 5 rings (SSSR count). The Balaban J connectivity index is 1.44. The third-order valence-electron chi connectivity index (χ3n) is 5.58. The van der Waals surface area contributed by atoms with Crippen molar-refractivity contribution in [2.75, 3.05) is 0 Å². The third kappa shape index (κ3) is 3.23. The van der Waals surface area contributed by atoms with Crippen LogP contribution in [0.2, 0.25) is 0 Å². The molecular formula is C22H20FNO3. The van der Waals surface area contributed by atoms with Crippen LogP contribution in [0.15, 0.2) is 57.7 Å². The number of piperidine rings is 1. The molecule has 2 bridgehead atoms. The van der Waals surface area contributed by atoms with E-state index in [2.05, 4.69) is 5.32 Å². The highest BCUT2D eigenvalue weighted by atomic mass is 19.1. The van der Waals surface area contributed by atoms with Gasteiger partial charge in [-0.2, -0.15) is 0 Å². The van der Waals surface area contributed by atoms with Crippen LogP contribution in [0.1, 0.15) is 25.7 Å². The number of rotatable bonds is 3. The first-order valence-corrected chi connectivity index (χ1v) is 9.40. The molecule has 1 N–H and O–H groups in total. The molecule has 3 atom stereocenters. The summed E-state index contributed by atoms with van der Waals surface area (Å²) in [5.41, 5.74) is 0.862. The number of benzene rings is 2. The van der Waals surface area contributed by atoms with Crippen LogP contribution in [0, 0.1) is 5.82 Å². The van der Waals surface area contributed by atoms with E-state index in [0.29, 0.717) is 28.8 Å². The van der Waals surface area contributed by atoms with Gasteiger partial charge in [0.1, 0.15) is 23.3 Å². The zero-order chi connectivity index (χ0) is 18.4. The molecule has 0 radical (unpaired) electrons. The molecule has 27 heavy (non-hydrogen) atoms. The van der Waals surface area contributed by atoms with Gasteiger partial charge in [0.15, 0.2) is 0 Å². The predicted octanol–water partition coefficient (Wildman–Crippen LogP) is 4.26. The Kier molecular flexibility index (Phi) is 3.97. The lowest BCUT2D eigenvalue weighted by Gasteiger charge is -2.29. The molecule has 0 saturated carbocycles. The summed E-state index contributed by atoms with van der Waals surface area (Å²) in [4.78, 5) is 12.4. The number of ether oxygens (including phenoxy) is 1. The van der Waals surface area contributed by atoms with E-state index in [9.17, 15) is 9.18 Å². The summed E-state index contributed by atoms with van der Waals surface area (Å²) in [5.74, 6) is 0.335. The maximum atomic E-state index is 13.5. The Morgan fingerprint density at radius 1 is 1.04 bits per heavy atom. The summed E-state index contributed by atoms with van der Waals surface area (Å²) in [7, 11) is 0. The van der Waals surface area contributed by atoms with Gasteiger partial charge in [-0.3, -0.25) is 0 Å². The van der Waals surface area contributed by atoms with Crippen molar-refractivity contribution in [3.8, 4) is 16.9 Å². The largest absolute Gasteiger partial charge is 0.490 e. The van der Waals surface area contributed by atoms with Crippen LogP contribution in [-0.4, -0.2) is 18.2 Å². The molecule has 2 aromatic carbocycles. The average Bonchev–Trinajstić information content (AvgIpc) is 2.99. The monoisotopic (exact) mass is 365 g/mol. The van der Waals surface area contributed by atoms with Gasteiger partial charge in [0, 0.05) is 23.5 Å². The number of fused-ring (bicyclic) bond motifs is 3. The maximum absolute atomic E-state index is 13.5. The molecule has 138 valence electrons. The van der Waals surface area contributed by atoms with Crippen molar-refractivity contribution in [3.05, 3.63) is 64.8 Å². The van der Waals surface area contributed by atoms with Crippen LogP contribution in [0.4, 0.5) is 4.39 Å². The van der Waals surface area contributed by atoms with Crippen molar-refractivity contribution in [3.63, 3.8) is 0 Å². The molecule has 2 fully saturated rings. The van der Waals surface area contributed by atoms with Crippen LogP contribution in [0.25, 0.3) is 22.1 Å². The highest BCUT2D eigenvalue weighted by Gasteiger charge is 2.34. The van der Waals surface area contributed by atoms with Gasteiger partial charge >= 0.3 is 5.63 Å². The van der Waals surface area contributed by atoms with Gasteiger partial charge in [0.2, 0.25) is 0 Å². The van der Waals surface area contributed by atoms with Gasteiger partial charge in [-0.25, -0.2) is 9.18 Å². The molecule has 3 heterocycles. The van der Waals surface area contributed by atoms with Crippen LogP contribution >= 0.6 is 0 Å². The zero-order valence-electron chi connectivity index (χ0n) is 14.8. The Hall–Kier alpha value is -2.66. The standard InChI is InChI=1S/C22H20FNO3/c23-15-3-1-2-13(8-15)20-9-14-4-7-18(12-21(14)27-22(20)25)26-19-10-16-5-6-17(11-19)24-16/h1-4,7-9,12,16-17,19,24H,5-6,10-11H2/t16-,17+,19-. The van der Waals surface area contributed by atoms with Crippen molar-refractivity contribution < 1.29 is 13.5 Å². The van der Waals surface area contributed by atoms with E-state index in [0.717, 1.165) is 24.0 Å². The molecular weight excluding hydrogens is 345 g/mol. The highest BCUT2D eigenvalue weighted by molar-refractivity contribution is 5.82. The Labute approximate surface area is 156 Å². The fourth-order valence-corrected chi connectivity index (χ4v) is 4.32. The first-order valence-electron chi connectivity index (χ1n) is 9.40. The minimum Gasteiger partial charge on any atom is -0.490 e. The first kappa shape index (κ1) is 16.5. The van der Waals surface area contributed by atoms with Crippen LogP contribution in [0.3, 0.4) is 0 Å². The Morgan fingerprint density at radius 3 is 2.63 bits per heavy atom. The Bertz CT molecular complexity index is 1050. The third-order valence-corrected chi connectivity index (χ3v) is 5.58. The van der Waals surface area contributed by atoms with Gasteiger partial charge in [0.05, 0.1) is 5.56 Å². The molecule has 2 aliphatic rings. The second-order valence-electron chi connectivity index (χ2n) is 7.51. The Morgan fingerprint density at radius 2 is 1.85 bits per heavy atom. The van der Waals surface area contributed by atoms with E-state index in [1.165, 1.54) is 25.0 Å². The summed E-state index contributed by atoms with van der Waals surface area (Å²) >= 11 is 0. The summed E-state index contributed by atoms with van der Waals surface area (Å²) in [6.45, 7) is 0. The minimum absolute atomic E-state index is 0.194. The second kappa shape index (κ2) is 6.50. The average molecular weight is 365 g/mol. The molecule has 2 aliphatic heterocycles. The molecule has 1 aromatic heterocycles. The van der Waals surface area contributed by atoms with Gasteiger partial charge < -0.3 is 14.5 Å². The lowest BCUT2D eigenvalue weighted by molar-refractivity contribution is 0.137. The SMILES string of the molecule is O=c1oc2cc(O[C@@H]3C[C@H]4CC[C@@H](C3)N4)ccc2cc1-c1cccc(F)c1. The number of hydrogen-bond acceptors (Lipinski definition) is 4. The molecule has 4 nitrogen and oxygen atoms in total. The van der Waals surface area contributed by atoms with Crippen molar-refractivity contribution in [2.24, 2.45) is 0 Å². The maximum Gasteiger partial charge on any atom is 0.344 e. The van der Waals surface area contributed by atoms with E-state index in [-0.39, 0.29) is 11.9 Å². The van der Waals surface area contributed by atoms with Gasteiger partial charge in [0.25, 0.3) is 0 Å². The smallest absolute Gasteiger partial charge is 0.344 e. The van der Waals surface area contributed by atoms with E-state index in [4.69, 9.17) is 9.15 Å². The zero-order valence-corrected chi connectivity index (χ0v) is 14.8. The molecule has 2 saturated heterocycles. The molecule has 0 amide bonds. The molecule has 0 unspecified atom stereocenters. The lowest BCUT2D eigenvalue weighted by Crippen LogP contribution is -2.42. The summed E-state index contributed by atoms with van der Waals surface area (Å²) in [5, 5.41) is 4.39. The van der Waals surface area contributed by atoms with E-state index >= 15 is 0 Å². The van der Waals surface area contributed by atoms with Gasteiger partial charge in [-0.1, -0.05) is 12.1 Å². The topological polar surface area (TPSA) is 51.5 Å². The van der Waals surface area contributed by atoms with E-state index in [1.54, 1.807) is 24.3 Å². The number of nitrogens with one attached hydrogen (secondary N) is 1. The van der Waals surface area contributed by atoms with Crippen molar-refractivity contribution in [1.82, 2.24) is 5.32 Å². The van der Waals surface area contributed by atoms with Gasteiger partial charge in [-0.15, -0.1) is 0 Å². The van der Waals surface area contributed by atoms with Crippen molar-refractivity contribution >= 4 is 11.0 Å². The van der Waals surface area contributed by atoms with Gasteiger partial charge in [-0.05, 0) is 61.6 Å². The summed E-state index contributed by atoms with van der Waals surface area (Å²) < 4.78 is 25.1. The minimum atomic E-state index is -0.481. The molecule has 5 heteroatoms. The molecule has 0 spiro atoms. The quantitative estimate of drug-likeness (QED) is 0.705. The molecule has 0 aliphatic carbocycles. The number of halogens is 1. The summed E-state index contributed by atoms with van der Waals surface area (Å²) in [6.07, 6.45) is 4.66. The predicted molar refractivity (Wildman–Crippen MR) is 101 cm³/mol. The van der Waals surface area contributed by atoms with Crippen LogP contribution in [-0.2, 0) is 0 Å². The lowest BCUT2D eigenvalue weighted by atomic mass is 10.0. The van der Waals surface area contributed by atoms with E-state index in [1.807, 2.05) is 12.1 Å². The van der Waals surface area contributed by atoms with Crippen molar-refractivity contribution in [1.29, 1.82) is 0 Å². The van der Waals surface area contributed by atoms with Crippen molar-refractivity contribution in [2.45, 2.75) is 43.9 Å². The molecule has 3 aromatic rings. The van der Waals surface area contributed by atoms with E-state index < -0.39 is 5.63 Å². The second-order valence-corrected chi connectivity index (χ2v) is 7.51. The van der Waals surface area contributed by atoms with Crippen LogP contribution in [0.5, 0.6) is 5.75 Å². The first-order chi connectivity index (χ1) is 13.1. The fraction of sp³-hybridized carbons (Fsp3) is 0.318. The highest BCUT2D eigenvalue weighted by Crippen LogP contribution is 2.31. The normalized spacial score (nSPS) is 24.3. The van der Waals surface area contributed by atoms with Crippen LogP contribution < -0.4 is 15.7 Å². The number of hydrogen-bond donors (Lipinski definition) is 1. The summed E-state index contributed by atoms with van der Waals surface area (Å²) in [6, 6.07) is 14.4.